The van der Waals surface area contributed by atoms with Crippen LogP contribution in [0.2, 0.25) is 0 Å². The zero-order valence-electron chi connectivity index (χ0n) is 41.1. The molecule has 318 valence electrons. The summed E-state index contributed by atoms with van der Waals surface area (Å²) < 4.78 is 4.71. The molecule has 0 aromatic rings. The van der Waals surface area contributed by atoms with Crippen molar-refractivity contribution in [1.29, 1.82) is 0 Å². The van der Waals surface area contributed by atoms with E-state index in [2.05, 4.69) is 167 Å². The quantitative estimate of drug-likeness (QED) is 0.162. The minimum Gasteiger partial charge on any atom is -0.463 e. The first-order chi connectivity index (χ1) is 24.2. The van der Waals surface area contributed by atoms with Gasteiger partial charge >= 0.3 is 5.97 Å². The first kappa shape index (κ1) is 58.6. The molecule has 0 N–H and O–H groups in total. The van der Waals surface area contributed by atoms with Crippen LogP contribution in [0.25, 0.3) is 0 Å². The number of allylic oxidation sites excluding steroid dienone is 11. The summed E-state index contributed by atoms with van der Waals surface area (Å²) in [5.74, 6) is -0.262. The lowest BCUT2D eigenvalue weighted by atomic mass is 9.80. The second kappa shape index (κ2) is 29.2. The van der Waals surface area contributed by atoms with Crippen LogP contribution in [-0.2, 0) is 9.53 Å². The Bertz CT molecular complexity index is 1120. The number of carbonyl (C=O) groups excluding carboxylic acids is 1. The molecule has 0 spiro atoms. The van der Waals surface area contributed by atoms with Crippen LogP contribution in [0.15, 0.2) is 71.4 Å². The van der Waals surface area contributed by atoms with Gasteiger partial charge in [0.2, 0.25) is 0 Å². The Labute approximate surface area is 342 Å². The van der Waals surface area contributed by atoms with Crippen molar-refractivity contribution in [2.24, 2.45) is 32.5 Å². The lowest BCUT2D eigenvalue weighted by Crippen LogP contribution is -2.11. The van der Waals surface area contributed by atoms with Gasteiger partial charge in [-0.15, -0.1) is 0 Å². The molecule has 0 saturated carbocycles. The Balaban J connectivity index is -0.000000279. The van der Waals surface area contributed by atoms with Crippen LogP contribution in [0, 0.1) is 32.5 Å². The van der Waals surface area contributed by atoms with Gasteiger partial charge in [0.25, 0.3) is 0 Å². The van der Waals surface area contributed by atoms with E-state index in [-0.39, 0.29) is 11.4 Å². The van der Waals surface area contributed by atoms with Crippen LogP contribution in [0.5, 0.6) is 0 Å². The Hall–Kier alpha value is -2.09. The average Bonchev–Trinajstić information content (AvgIpc) is 3.52. The number of hydrogen-bond acceptors (Lipinski definition) is 2. The molecule has 0 aliphatic heterocycles. The average molecular weight is 755 g/mol. The van der Waals surface area contributed by atoms with E-state index in [1.54, 1.807) is 18.1 Å². The van der Waals surface area contributed by atoms with E-state index >= 15 is 0 Å². The van der Waals surface area contributed by atoms with Gasteiger partial charge in [-0.1, -0.05) is 203 Å². The molecule has 2 nitrogen and oxygen atoms in total. The van der Waals surface area contributed by atoms with Crippen molar-refractivity contribution in [3.05, 3.63) is 71.4 Å². The van der Waals surface area contributed by atoms with Crippen molar-refractivity contribution in [3.8, 4) is 0 Å². The Kier molecular flexibility index (Phi) is 31.7. The van der Waals surface area contributed by atoms with Gasteiger partial charge in [0.15, 0.2) is 0 Å². The summed E-state index contributed by atoms with van der Waals surface area (Å²) in [4.78, 5) is 10.8. The number of ether oxygens (including phenoxy) is 1. The third kappa shape index (κ3) is 49.9. The molecular weight excluding hydrogens is 657 g/mol. The molecule has 0 aromatic heterocycles. The molecule has 0 amide bonds. The predicted octanol–water partition coefficient (Wildman–Crippen LogP) is 17.8. The van der Waals surface area contributed by atoms with E-state index in [9.17, 15) is 4.79 Å². The molecule has 0 bridgehead atoms. The summed E-state index contributed by atoms with van der Waals surface area (Å²) in [6, 6.07) is 0. The maximum absolute atomic E-state index is 10.8. The minimum absolute atomic E-state index is 0.0484. The van der Waals surface area contributed by atoms with Crippen molar-refractivity contribution >= 4 is 5.97 Å². The first-order valence-electron chi connectivity index (χ1n) is 21.4. The highest BCUT2D eigenvalue weighted by Crippen LogP contribution is 2.34. The molecule has 2 rings (SSSR count). The third-order valence-corrected chi connectivity index (χ3v) is 7.73. The number of rotatable bonds is 4. The van der Waals surface area contributed by atoms with E-state index < -0.39 is 0 Å². The SMILES string of the molecule is C/C=C/C(C)(C)C.CC(C)(C)C1=CCCC1.CC(C)(C)C1=CCCCC1.CC(C)=CC(C)(C)C.CCC/C=C/C(C)(C)C.CCOC(=O)/C=C/C(C)(C)C. The van der Waals surface area contributed by atoms with Gasteiger partial charge in [-0.25, -0.2) is 4.79 Å². The molecule has 0 fully saturated rings. The molecule has 54 heavy (non-hydrogen) atoms. The molecule has 0 unspecified atom stereocenters. The van der Waals surface area contributed by atoms with Crippen LogP contribution >= 0.6 is 0 Å². The van der Waals surface area contributed by atoms with Crippen LogP contribution in [0.1, 0.15) is 217 Å². The van der Waals surface area contributed by atoms with Gasteiger partial charge in [0.05, 0.1) is 6.61 Å². The number of esters is 1. The zero-order chi connectivity index (χ0) is 43.5. The van der Waals surface area contributed by atoms with Gasteiger partial charge in [0.1, 0.15) is 0 Å². The van der Waals surface area contributed by atoms with Crippen molar-refractivity contribution in [1.82, 2.24) is 0 Å². The summed E-state index contributed by atoms with van der Waals surface area (Å²) in [7, 11) is 0. The van der Waals surface area contributed by atoms with E-state index in [0.717, 1.165) is 0 Å². The lowest BCUT2D eigenvalue weighted by molar-refractivity contribution is -0.137. The van der Waals surface area contributed by atoms with Gasteiger partial charge in [-0.2, -0.15) is 0 Å². The van der Waals surface area contributed by atoms with E-state index in [1.165, 1.54) is 69.4 Å². The maximum Gasteiger partial charge on any atom is 0.330 e. The lowest BCUT2D eigenvalue weighted by Gasteiger charge is -2.25. The Morgan fingerprint density at radius 1 is 0.611 bits per heavy atom. The number of carbonyl (C=O) groups is 1. The fraction of sp³-hybridized carbons (Fsp3) is 0.750. The highest BCUT2D eigenvalue weighted by Gasteiger charge is 2.19. The molecule has 0 saturated heterocycles. The van der Waals surface area contributed by atoms with Crippen molar-refractivity contribution in [2.45, 2.75) is 217 Å². The van der Waals surface area contributed by atoms with Gasteiger partial charge < -0.3 is 4.74 Å². The second-order valence-corrected chi connectivity index (χ2v) is 21.6. The van der Waals surface area contributed by atoms with Crippen LogP contribution in [0.4, 0.5) is 0 Å². The van der Waals surface area contributed by atoms with Crippen molar-refractivity contribution in [2.75, 3.05) is 6.61 Å². The van der Waals surface area contributed by atoms with Crippen molar-refractivity contribution < 1.29 is 9.53 Å². The monoisotopic (exact) mass is 755 g/mol. The first-order valence-corrected chi connectivity index (χ1v) is 21.4. The highest BCUT2D eigenvalue weighted by atomic mass is 16.5. The van der Waals surface area contributed by atoms with E-state index in [4.69, 9.17) is 4.74 Å². The van der Waals surface area contributed by atoms with E-state index in [1.807, 2.05) is 33.8 Å². The third-order valence-electron chi connectivity index (χ3n) is 7.73. The fourth-order valence-corrected chi connectivity index (χ4v) is 5.35. The number of unbranched alkanes of at least 4 members (excludes halogenated alkanes) is 1. The smallest absolute Gasteiger partial charge is 0.330 e. The van der Waals surface area contributed by atoms with Crippen molar-refractivity contribution in [3.63, 3.8) is 0 Å². The topological polar surface area (TPSA) is 26.3 Å². The molecule has 0 heterocycles. The number of hydrogen-bond donors (Lipinski definition) is 0. The standard InChI is InChI=1S/C10H18.C9H16O2.C9H16.C9H18.C8H16.C7H14/c1-10(2,3)9-7-5-4-6-8-9;1-5-11-8(10)6-7-9(2,3)4;1-9(2,3)8-6-4-5-7-8;1-5-6-7-8-9(2,3)4;1-7(2)6-8(3,4)5;1-5-6-7(2,3)4/h7H,4-6,8H2,1-3H3;6-7H,5H2,1-4H3;6H,4-5,7H2,1-3H3;7-8H,5-6H2,1-4H3;6H,1-5H3;5-6H,1-4H3/b;7-6+;;8-7+;;6-5+. The highest BCUT2D eigenvalue weighted by molar-refractivity contribution is 5.81. The zero-order valence-corrected chi connectivity index (χ0v) is 41.1. The minimum atomic E-state index is -0.262. The van der Waals surface area contributed by atoms with Gasteiger partial charge in [0, 0.05) is 6.08 Å². The summed E-state index contributed by atoms with van der Waals surface area (Å²) in [5.41, 5.74) is 6.74. The van der Waals surface area contributed by atoms with E-state index in [0.29, 0.717) is 33.7 Å². The normalized spacial score (nSPS) is 15.1. The molecular formula is C52H98O2. The Morgan fingerprint density at radius 2 is 1.04 bits per heavy atom. The van der Waals surface area contributed by atoms with Gasteiger partial charge in [-0.05, 0) is 112 Å². The summed E-state index contributed by atoms with van der Waals surface area (Å²) in [5, 5.41) is 0. The molecule has 2 aliphatic rings. The largest absolute Gasteiger partial charge is 0.463 e. The van der Waals surface area contributed by atoms with Gasteiger partial charge in [-0.3, -0.25) is 0 Å². The molecule has 0 aromatic carbocycles. The van der Waals surface area contributed by atoms with Crippen LogP contribution < -0.4 is 0 Å². The summed E-state index contributed by atoms with van der Waals surface area (Å²) in [6.07, 6.45) is 31.2. The summed E-state index contributed by atoms with van der Waals surface area (Å²) in [6.45, 7) is 50.5. The second-order valence-electron chi connectivity index (χ2n) is 21.6. The fourth-order valence-electron chi connectivity index (χ4n) is 5.35. The van der Waals surface area contributed by atoms with Crippen LogP contribution in [-0.4, -0.2) is 12.6 Å². The molecule has 2 aliphatic carbocycles. The predicted molar refractivity (Wildman–Crippen MR) is 249 cm³/mol. The molecule has 2 heteroatoms. The molecule has 0 atom stereocenters. The Morgan fingerprint density at radius 3 is 1.26 bits per heavy atom. The van der Waals surface area contributed by atoms with Crippen LogP contribution in [0.3, 0.4) is 0 Å². The maximum atomic E-state index is 10.8. The summed E-state index contributed by atoms with van der Waals surface area (Å²) >= 11 is 0. The molecule has 0 radical (unpaired) electrons.